The average molecular weight is 207 g/mol. The van der Waals surface area contributed by atoms with E-state index in [4.69, 9.17) is 0 Å². The number of carbonyl (C=O) groups is 1. The van der Waals surface area contributed by atoms with Crippen molar-refractivity contribution in [2.75, 3.05) is 13.1 Å². The highest BCUT2D eigenvalue weighted by Gasteiger charge is 2.29. The van der Waals surface area contributed by atoms with Crippen molar-refractivity contribution in [2.24, 2.45) is 11.8 Å². The van der Waals surface area contributed by atoms with Crippen LogP contribution in [-0.4, -0.2) is 18.9 Å². The van der Waals surface area contributed by atoms with Crippen LogP contribution in [0.4, 0.5) is 4.39 Å². The van der Waals surface area contributed by atoms with Gasteiger partial charge in [0.25, 0.3) is 0 Å². The third-order valence-corrected chi connectivity index (χ3v) is 2.98. The van der Waals surface area contributed by atoms with E-state index >= 15 is 0 Å². The van der Waals surface area contributed by atoms with E-state index in [0.29, 0.717) is 11.5 Å². The van der Waals surface area contributed by atoms with Crippen molar-refractivity contribution in [3.63, 3.8) is 0 Å². The summed E-state index contributed by atoms with van der Waals surface area (Å²) in [5.41, 5.74) is 0.608. The molecule has 0 aromatic heterocycles. The first-order valence-electron chi connectivity index (χ1n) is 5.19. The number of halogens is 1. The largest absolute Gasteiger partial charge is 0.316 e. The first-order valence-corrected chi connectivity index (χ1v) is 5.19. The van der Waals surface area contributed by atoms with Crippen LogP contribution in [-0.2, 0) is 0 Å². The summed E-state index contributed by atoms with van der Waals surface area (Å²) in [6.45, 7) is 3.68. The SMILES string of the molecule is C[C@@H]1CNC[C@H]1C(=O)c1ccc(F)cc1. The van der Waals surface area contributed by atoms with Gasteiger partial charge in [-0.05, 0) is 36.7 Å². The molecular formula is C12H14FNO. The zero-order valence-corrected chi connectivity index (χ0v) is 8.66. The number of ketones is 1. The van der Waals surface area contributed by atoms with E-state index < -0.39 is 0 Å². The number of hydrogen-bond donors (Lipinski definition) is 1. The van der Waals surface area contributed by atoms with Crippen molar-refractivity contribution < 1.29 is 9.18 Å². The molecule has 1 aromatic rings. The fraction of sp³-hybridized carbons (Fsp3) is 0.417. The molecule has 1 N–H and O–H groups in total. The Labute approximate surface area is 88.5 Å². The van der Waals surface area contributed by atoms with Crippen molar-refractivity contribution in [1.82, 2.24) is 5.32 Å². The lowest BCUT2D eigenvalue weighted by Gasteiger charge is -2.12. The summed E-state index contributed by atoms with van der Waals surface area (Å²) in [7, 11) is 0. The summed E-state index contributed by atoms with van der Waals surface area (Å²) in [5, 5.41) is 3.19. The summed E-state index contributed by atoms with van der Waals surface area (Å²) < 4.78 is 12.7. The number of hydrogen-bond acceptors (Lipinski definition) is 2. The van der Waals surface area contributed by atoms with Crippen molar-refractivity contribution in [1.29, 1.82) is 0 Å². The quantitative estimate of drug-likeness (QED) is 0.750. The molecule has 1 aliphatic rings. The lowest BCUT2D eigenvalue weighted by atomic mass is 9.90. The van der Waals surface area contributed by atoms with Gasteiger partial charge in [-0.2, -0.15) is 0 Å². The molecule has 1 aliphatic heterocycles. The molecule has 80 valence electrons. The highest BCUT2D eigenvalue weighted by Crippen LogP contribution is 2.21. The molecule has 15 heavy (non-hydrogen) atoms. The molecule has 0 unspecified atom stereocenters. The normalized spacial score (nSPS) is 25.5. The molecule has 0 bridgehead atoms. The van der Waals surface area contributed by atoms with E-state index in [1.54, 1.807) is 12.1 Å². The molecule has 2 nitrogen and oxygen atoms in total. The van der Waals surface area contributed by atoms with Crippen LogP contribution in [0.25, 0.3) is 0 Å². The van der Waals surface area contributed by atoms with Gasteiger partial charge in [0.1, 0.15) is 5.82 Å². The van der Waals surface area contributed by atoms with Gasteiger partial charge in [0, 0.05) is 18.0 Å². The van der Waals surface area contributed by atoms with Crippen LogP contribution < -0.4 is 5.32 Å². The lowest BCUT2D eigenvalue weighted by Crippen LogP contribution is -2.21. The average Bonchev–Trinajstić information content (AvgIpc) is 2.65. The van der Waals surface area contributed by atoms with Gasteiger partial charge in [-0.15, -0.1) is 0 Å². The smallest absolute Gasteiger partial charge is 0.167 e. The Morgan fingerprint density at radius 2 is 2.00 bits per heavy atom. The summed E-state index contributed by atoms with van der Waals surface area (Å²) in [6.07, 6.45) is 0. The van der Waals surface area contributed by atoms with Crippen molar-refractivity contribution in [3.8, 4) is 0 Å². The molecule has 0 radical (unpaired) electrons. The van der Waals surface area contributed by atoms with Crippen LogP contribution in [0.3, 0.4) is 0 Å². The van der Waals surface area contributed by atoms with Crippen LogP contribution in [0.2, 0.25) is 0 Å². The summed E-state index contributed by atoms with van der Waals surface area (Å²) in [5.74, 6) is 0.217. The monoisotopic (exact) mass is 207 g/mol. The Kier molecular flexibility index (Phi) is 2.82. The van der Waals surface area contributed by atoms with E-state index in [0.717, 1.165) is 13.1 Å². The Morgan fingerprint density at radius 1 is 1.33 bits per heavy atom. The molecule has 0 saturated carbocycles. The molecular weight excluding hydrogens is 193 g/mol. The maximum atomic E-state index is 12.7. The first-order chi connectivity index (χ1) is 7.18. The van der Waals surface area contributed by atoms with E-state index in [9.17, 15) is 9.18 Å². The van der Waals surface area contributed by atoms with Gasteiger partial charge >= 0.3 is 0 Å². The minimum Gasteiger partial charge on any atom is -0.316 e. The summed E-state index contributed by atoms with van der Waals surface area (Å²) >= 11 is 0. The van der Waals surface area contributed by atoms with Crippen molar-refractivity contribution in [2.45, 2.75) is 6.92 Å². The molecule has 0 amide bonds. The van der Waals surface area contributed by atoms with Gasteiger partial charge in [-0.1, -0.05) is 6.92 Å². The van der Waals surface area contributed by atoms with Crippen LogP contribution in [0, 0.1) is 17.7 Å². The molecule has 1 aromatic carbocycles. The second kappa shape index (κ2) is 4.11. The molecule has 1 fully saturated rings. The van der Waals surface area contributed by atoms with E-state index in [2.05, 4.69) is 12.2 Å². The standard InChI is InChI=1S/C12H14FNO/c1-8-6-14-7-11(8)12(15)9-2-4-10(13)5-3-9/h2-5,8,11,14H,6-7H2,1H3/t8-,11-/m1/s1. The Morgan fingerprint density at radius 3 is 2.53 bits per heavy atom. The van der Waals surface area contributed by atoms with Gasteiger partial charge in [0.2, 0.25) is 0 Å². The van der Waals surface area contributed by atoms with Gasteiger partial charge in [-0.25, -0.2) is 4.39 Å². The number of rotatable bonds is 2. The van der Waals surface area contributed by atoms with E-state index in [1.807, 2.05) is 0 Å². The number of Topliss-reactive ketones (excluding diaryl/α,β-unsaturated/α-hetero) is 1. The maximum absolute atomic E-state index is 12.7. The molecule has 1 heterocycles. The fourth-order valence-corrected chi connectivity index (χ4v) is 1.99. The minimum absolute atomic E-state index is 0.0375. The summed E-state index contributed by atoms with van der Waals surface area (Å²) in [6, 6.07) is 5.78. The van der Waals surface area contributed by atoms with Crippen LogP contribution in [0.15, 0.2) is 24.3 Å². The number of carbonyl (C=O) groups excluding carboxylic acids is 1. The van der Waals surface area contributed by atoms with E-state index in [1.165, 1.54) is 12.1 Å². The molecule has 2 rings (SSSR count). The molecule has 0 aliphatic carbocycles. The highest BCUT2D eigenvalue weighted by molar-refractivity contribution is 5.98. The Bertz CT molecular complexity index is 360. The summed E-state index contributed by atoms with van der Waals surface area (Å²) in [4.78, 5) is 12.0. The third-order valence-electron chi connectivity index (χ3n) is 2.98. The van der Waals surface area contributed by atoms with E-state index in [-0.39, 0.29) is 17.5 Å². The second-order valence-corrected chi connectivity index (χ2v) is 4.11. The van der Waals surface area contributed by atoms with Crippen molar-refractivity contribution in [3.05, 3.63) is 35.6 Å². The zero-order valence-electron chi connectivity index (χ0n) is 8.66. The molecule has 3 heteroatoms. The fourth-order valence-electron chi connectivity index (χ4n) is 1.99. The lowest BCUT2D eigenvalue weighted by molar-refractivity contribution is 0.0907. The number of benzene rings is 1. The second-order valence-electron chi connectivity index (χ2n) is 4.11. The van der Waals surface area contributed by atoms with Crippen LogP contribution >= 0.6 is 0 Å². The predicted octanol–water partition coefficient (Wildman–Crippen LogP) is 1.86. The van der Waals surface area contributed by atoms with Gasteiger partial charge in [0.05, 0.1) is 0 Å². The van der Waals surface area contributed by atoms with Gasteiger partial charge < -0.3 is 5.32 Å². The predicted molar refractivity (Wildman–Crippen MR) is 56.3 cm³/mol. The minimum atomic E-state index is -0.302. The zero-order chi connectivity index (χ0) is 10.8. The maximum Gasteiger partial charge on any atom is 0.167 e. The third kappa shape index (κ3) is 2.07. The molecule has 1 saturated heterocycles. The topological polar surface area (TPSA) is 29.1 Å². The molecule has 0 spiro atoms. The van der Waals surface area contributed by atoms with Crippen LogP contribution in [0.1, 0.15) is 17.3 Å². The highest BCUT2D eigenvalue weighted by atomic mass is 19.1. The van der Waals surface area contributed by atoms with Crippen molar-refractivity contribution >= 4 is 5.78 Å². The Hall–Kier alpha value is -1.22. The van der Waals surface area contributed by atoms with Gasteiger partial charge in [0.15, 0.2) is 5.78 Å². The number of nitrogens with one attached hydrogen (secondary N) is 1. The Balaban J connectivity index is 2.17. The van der Waals surface area contributed by atoms with Crippen LogP contribution in [0.5, 0.6) is 0 Å². The first kappa shape index (κ1) is 10.3. The van der Waals surface area contributed by atoms with Gasteiger partial charge in [-0.3, -0.25) is 4.79 Å². The molecule has 2 atom stereocenters.